The van der Waals surface area contributed by atoms with E-state index in [0.29, 0.717) is 5.70 Å². The predicted molar refractivity (Wildman–Crippen MR) is 71.0 cm³/mol. The van der Waals surface area contributed by atoms with Gasteiger partial charge >= 0.3 is 6.18 Å². The van der Waals surface area contributed by atoms with Crippen LogP contribution >= 0.6 is 11.6 Å². The highest BCUT2D eigenvalue weighted by Crippen LogP contribution is 2.19. The molecule has 7 heteroatoms. The molecule has 0 N–H and O–H groups in total. The van der Waals surface area contributed by atoms with Gasteiger partial charge < -0.3 is 0 Å². The molecule has 0 aliphatic rings. The van der Waals surface area contributed by atoms with Crippen LogP contribution in [0.4, 0.5) is 13.2 Å². The Hall–Kier alpha value is -1.82. The maximum absolute atomic E-state index is 12.0. The van der Waals surface area contributed by atoms with Crippen molar-refractivity contribution in [3.8, 4) is 0 Å². The molecule has 1 rings (SSSR count). The summed E-state index contributed by atoms with van der Waals surface area (Å²) >= 11 is 5.82. The zero-order valence-electron chi connectivity index (χ0n) is 10.6. The van der Waals surface area contributed by atoms with Crippen LogP contribution in [0.1, 0.15) is 12.1 Å². The molecule has 3 nitrogen and oxygen atoms in total. The minimum Gasteiger partial charge on any atom is -0.289 e. The standard InChI is InChI=1S/C13H12ClF3N2O/c1-9-6-7-18-19(9)10(2)8-11(14)4-3-5-12(20)13(15,16)17/h3-4,6-8H,2,5H2,1H3/b4-3-,11-8+. The summed E-state index contributed by atoms with van der Waals surface area (Å²) in [5.41, 5.74) is 1.30. The molecule has 20 heavy (non-hydrogen) atoms. The van der Waals surface area contributed by atoms with Crippen molar-refractivity contribution in [2.45, 2.75) is 19.5 Å². The fourth-order valence-electron chi connectivity index (χ4n) is 1.33. The number of Topliss-reactive ketones (excluding diaryl/α,β-unsaturated/α-hetero) is 1. The predicted octanol–water partition coefficient (Wildman–Crippen LogP) is 3.86. The summed E-state index contributed by atoms with van der Waals surface area (Å²) in [5, 5.41) is 4.15. The Morgan fingerprint density at radius 3 is 2.70 bits per heavy atom. The van der Waals surface area contributed by atoms with Crippen molar-refractivity contribution in [2.24, 2.45) is 0 Å². The third-order valence-electron chi connectivity index (χ3n) is 2.31. The summed E-state index contributed by atoms with van der Waals surface area (Å²) < 4.78 is 37.4. The number of carbonyl (C=O) groups is 1. The van der Waals surface area contributed by atoms with Gasteiger partial charge in [0.05, 0.1) is 5.70 Å². The van der Waals surface area contributed by atoms with Gasteiger partial charge in [0, 0.05) is 23.3 Å². The summed E-state index contributed by atoms with van der Waals surface area (Å²) in [6.07, 6.45) is -0.277. The Balaban J connectivity index is 2.65. The fourth-order valence-corrected chi connectivity index (χ4v) is 1.55. The molecule has 0 aliphatic carbocycles. The first kappa shape index (κ1) is 16.2. The van der Waals surface area contributed by atoms with Gasteiger partial charge in [0.1, 0.15) is 0 Å². The van der Waals surface area contributed by atoms with Gasteiger partial charge in [0.25, 0.3) is 0 Å². The Morgan fingerprint density at radius 2 is 2.20 bits per heavy atom. The third-order valence-corrected chi connectivity index (χ3v) is 2.54. The number of aryl methyl sites for hydroxylation is 1. The van der Waals surface area contributed by atoms with E-state index in [9.17, 15) is 18.0 Å². The molecule has 0 aromatic carbocycles. The van der Waals surface area contributed by atoms with E-state index in [-0.39, 0.29) is 5.03 Å². The molecule has 0 atom stereocenters. The summed E-state index contributed by atoms with van der Waals surface area (Å²) in [4.78, 5) is 10.6. The Labute approximate surface area is 119 Å². The zero-order valence-corrected chi connectivity index (χ0v) is 11.4. The fraction of sp³-hybridized carbons (Fsp3) is 0.231. The number of hydrogen-bond acceptors (Lipinski definition) is 2. The Bertz CT molecular complexity index is 570. The van der Waals surface area contributed by atoms with E-state index in [4.69, 9.17) is 11.6 Å². The normalized spacial score (nSPS) is 12.9. The van der Waals surface area contributed by atoms with Gasteiger partial charge in [0.15, 0.2) is 0 Å². The van der Waals surface area contributed by atoms with E-state index in [1.165, 1.54) is 16.8 Å². The Morgan fingerprint density at radius 1 is 1.55 bits per heavy atom. The molecular formula is C13H12ClF3N2O. The van der Waals surface area contributed by atoms with Gasteiger partial charge in [-0.2, -0.15) is 18.3 Å². The number of allylic oxidation sites excluding steroid dienone is 5. The first-order valence-corrected chi connectivity index (χ1v) is 5.93. The zero-order chi connectivity index (χ0) is 15.3. The molecule has 0 radical (unpaired) electrons. The summed E-state index contributed by atoms with van der Waals surface area (Å²) in [7, 11) is 0. The van der Waals surface area contributed by atoms with Crippen molar-refractivity contribution >= 4 is 23.1 Å². The second-order valence-corrected chi connectivity index (χ2v) is 4.37. The van der Waals surface area contributed by atoms with Gasteiger partial charge in [-0.05, 0) is 25.1 Å². The SMILES string of the molecule is C=C(/C=C(Cl)\C=C/CC(=O)C(F)(F)F)n1nccc1C. The minimum atomic E-state index is -4.82. The molecular weight excluding hydrogens is 293 g/mol. The number of nitrogens with zero attached hydrogens (tertiary/aromatic N) is 2. The lowest BCUT2D eigenvalue weighted by atomic mass is 10.2. The first-order chi connectivity index (χ1) is 9.21. The average molecular weight is 305 g/mol. The maximum atomic E-state index is 12.0. The van der Waals surface area contributed by atoms with Crippen LogP contribution in [0.25, 0.3) is 5.70 Å². The molecule has 0 saturated heterocycles. The molecule has 0 unspecified atom stereocenters. The van der Waals surface area contributed by atoms with E-state index in [1.807, 2.05) is 6.92 Å². The van der Waals surface area contributed by atoms with Crippen LogP contribution in [-0.4, -0.2) is 21.7 Å². The average Bonchev–Trinajstić information content (AvgIpc) is 2.74. The topological polar surface area (TPSA) is 34.9 Å². The highest BCUT2D eigenvalue weighted by molar-refractivity contribution is 6.31. The second-order valence-electron chi connectivity index (χ2n) is 3.93. The van der Waals surface area contributed by atoms with Gasteiger partial charge in [-0.1, -0.05) is 24.3 Å². The van der Waals surface area contributed by atoms with Crippen molar-refractivity contribution in [1.29, 1.82) is 0 Å². The Kier molecular flexibility index (Phi) is 5.33. The van der Waals surface area contributed by atoms with Gasteiger partial charge in [-0.3, -0.25) is 4.79 Å². The van der Waals surface area contributed by atoms with Gasteiger partial charge in [-0.15, -0.1) is 0 Å². The number of ketones is 1. The van der Waals surface area contributed by atoms with Crippen molar-refractivity contribution in [2.75, 3.05) is 0 Å². The molecule has 108 valence electrons. The molecule has 0 aliphatic heterocycles. The molecule has 1 aromatic heterocycles. The number of hydrogen-bond donors (Lipinski definition) is 0. The summed E-state index contributed by atoms with van der Waals surface area (Å²) in [6, 6.07) is 1.77. The van der Waals surface area contributed by atoms with Crippen LogP contribution in [0.5, 0.6) is 0 Å². The lowest BCUT2D eigenvalue weighted by molar-refractivity contribution is -0.170. The van der Waals surface area contributed by atoms with Crippen LogP contribution in [0.15, 0.2) is 42.1 Å². The largest absolute Gasteiger partial charge is 0.450 e. The summed E-state index contributed by atoms with van der Waals surface area (Å²) in [6.45, 7) is 5.56. The molecule has 1 heterocycles. The van der Waals surface area contributed by atoms with Crippen molar-refractivity contribution < 1.29 is 18.0 Å². The van der Waals surface area contributed by atoms with Crippen molar-refractivity contribution in [1.82, 2.24) is 9.78 Å². The van der Waals surface area contributed by atoms with Crippen LogP contribution in [0.2, 0.25) is 0 Å². The van der Waals surface area contributed by atoms with Crippen LogP contribution in [0, 0.1) is 6.92 Å². The first-order valence-electron chi connectivity index (χ1n) is 5.55. The van der Waals surface area contributed by atoms with E-state index in [2.05, 4.69) is 11.7 Å². The molecule has 0 fully saturated rings. The van der Waals surface area contributed by atoms with Gasteiger partial charge in [-0.25, -0.2) is 4.68 Å². The van der Waals surface area contributed by atoms with Crippen LogP contribution < -0.4 is 0 Å². The van der Waals surface area contributed by atoms with E-state index < -0.39 is 18.4 Å². The lowest BCUT2D eigenvalue weighted by Crippen LogP contribution is -2.21. The number of carbonyl (C=O) groups excluding carboxylic acids is 1. The molecule has 0 bridgehead atoms. The monoisotopic (exact) mass is 304 g/mol. The smallest absolute Gasteiger partial charge is 0.289 e. The highest BCUT2D eigenvalue weighted by atomic mass is 35.5. The van der Waals surface area contributed by atoms with Crippen molar-refractivity contribution in [3.05, 3.63) is 47.8 Å². The third kappa shape index (κ3) is 4.70. The number of aromatic nitrogens is 2. The highest BCUT2D eigenvalue weighted by Gasteiger charge is 2.36. The van der Waals surface area contributed by atoms with Crippen molar-refractivity contribution in [3.63, 3.8) is 0 Å². The lowest BCUT2D eigenvalue weighted by Gasteiger charge is -2.03. The quantitative estimate of drug-likeness (QED) is 0.774. The number of halogens is 4. The number of alkyl halides is 3. The molecule has 0 saturated carbocycles. The maximum Gasteiger partial charge on any atom is 0.450 e. The number of rotatable bonds is 5. The molecule has 1 aromatic rings. The van der Waals surface area contributed by atoms with E-state index in [1.54, 1.807) is 12.3 Å². The second kappa shape index (κ2) is 6.56. The molecule has 0 spiro atoms. The van der Waals surface area contributed by atoms with Crippen LogP contribution in [-0.2, 0) is 4.79 Å². The summed E-state index contributed by atoms with van der Waals surface area (Å²) in [5.74, 6) is -1.82. The minimum absolute atomic E-state index is 0.153. The van der Waals surface area contributed by atoms with Crippen LogP contribution in [0.3, 0.4) is 0 Å². The van der Waals surface area contributed by atoms with Gasteiger partial charge in [0.2, 0.25) is 5.78 Å². The molecule has 0 amide bonds. The van der Waals surface area contributed by atoms with E-state index >= 15 is 0 Å². The van der Waals surface area contributed by atoms with E-state index in [0.717, 1.165) is 11.8 Å².